The summed E-state index contributed by atoms with van der Waals surface area (Å²) in [5.41, 5.74) is 0. The van der Waals surface area contributed by atoms with Crippen molar-refractivity contribution in [2.45, 2.75) is 374 Å². The molecule has 0 aromatic heterocycles. The van der Waals surface area contributed by atoms with Crippen LogP contribution in [0.25, 0.3) is 0 Å². The zero-order valence-electron chi connectivity index (χ0n) is 49.4. The Morgan fingerprint density at radius 2 is 0.452 bits per heavy atom. The second-order valence-corrected chi connectivity index (χ2v) is 22.4. The number of carbonyl (C=O) groups is 3. The average Bonchev–Trinajstić information content (AvgIpc) is 3.39. The van der Waals surface area contributed by atoms with Gasteiger partial charge < -0.3 is 14.2 Å². The van der Waals surface area contributed by atoms with Gasteiger partial charge in [-0.15, -0.1) is 0 Å². The van der Waals surface area contributed by atoms with E-state index in [-0.39, 0.29) is 31.1 Å². The van der Waals surface area contributed by atoms with Crippen LogP contribution in [0.1, 0.15) is 367 Å². The summed E-state index contributed by atoms with van der Waals surface area (Å²) in [6.45, 7) is 6.68. The predicted octanol–water partition coefficient (Wildman–Crippen LogP) is 22.2. The fraction of sp³-hybridized carbons (Fsp3) is 0.896. The molecule has 0 aliphatic heterocycles. The Morgan fingerprint density at radius 3 is 0.699 bits per heavy atom. The molecule has 0 spiro atoms. The van der Waals surface area contributed by atoms with E-state index in [0.29, 0.717) is 19.3 Å². The number of hydrogen-bond donors (Lipinski definition) is 0. The number of ether oxygens (including phenoxy) is 3. The van der Waals surface area contributed by atoms with Gasteiger partial charge >= 0.3 is 17.9 Å². The van der Waals surface area contributed by atoms with E-state index < -0.39 is 6.10 Å². The number of hydrogen-bond acceptors (Lipinski definition) is 6. The van der Waals surface area contributed by atoms with E-state index in [1.54, 1.807) is 0 Å². The van der Waals surface area contributed by atoms with Gasteiger partial charge in [0.1, 0.15) is 13.2 Å². The quantitative estimate of drug-likeness (QED) is 0.0261. The third-order valence-electron chi connectivity index (χ3n) is 14.9. The van der Waals surface area contributed by atoms with E-state index in [0.717, 1.165) is 64.2 Å². The van der Waals surface area contributed by atoms with Crippen LogP contribution in [0, 0.1) is 0 Å². The average molecular weight is 1030 g/mol. The van der Waals surface area contributed by atoms with Crippen molar-refractivity contribution >= 4 is 17.9 Å². The molecule has 1 unspecified atom stereocenters. The SMILES string of the molecule is CCCCCC/C=C\CCCCCCCC(=O)OCC(COC(=O)CCCCCCCCCCCCCCCCCCCCCCCCCC)OC(=O)CCCCCCCCC/C=C\CCCCCCCCC. The first-order valence-electron chi connectivity index (χ1n) is 32.8. The molecule has 0 heterocycles. The molecule has 1 atom stereocenters. The molecule has 0 N–H and O–H groups in total. The Balaban J connectivity index is 4.24. The highest BCUT2D eigenvalue weighted by Crippen LogP contribution is 2.18. The van der Waals surface area contributed by atoms with Gasteiger partial charge in [0.2, 0.25) is 0 Å². The minimum atomic E-state index is -0.774. The summed E-state index contributed by atoms with van der Waals surface area (Å²) in [7, 11) is 0. The summed E-state index contributed by atoms with van der Waals surface area (Å²) in [5, 5.41) is 0. The number of esters is 3. The largest absolute Gasteiger partial charge is 0.462 e. The zero-order chi connectivity index (χ0) is 52.9. The molecule has 6 nitrogen and oxygen atoms in total. The summed E-state index contributed by atoms with van der Waals surface area (Å²) in [4.78, 5) is 38.3. The Bertz CT molecular complexity index is 1180. The molecule has 430 valence electrons. The van der Waals surface area contributed by atoms with Gasteiger partial charge in [-0.3, -0.25) is 14.4 Å². The fourth-order valence-corrected chi connectivity index (χ4v) is 9.97. The molecule has 0 bridgehead atoms. The van der Waals surface area contributed by atoms with Crippen molar-refractivity contribution in [1.29, 1.82) is 0 Å². The first-order chi connectivity index (χ1) is 36.0. The normalized spacial score (nSPS) is 12.1. The van der Waals surface area contributed by atoms with Gasteiger partial charge in [-0.25, -0.2) is 0 Å². The lowest BCUT2D eigenvalue weighted by Gasteiger charge is -2.18. The van der Waals surface area contributed by atoms with Crippen LogP contribution in [-0.2, 0) is 28.6 Å². The minimum absolute atomic E-state index is 0.0707. The van der Waals surface area contributed by atoms with Gasteiger partial charge in [0.25, 0.3) is 0 Å². The standard InChI is InChI=1S/C67H126O6/c1-4-7-10-13-16-19-22-25-27-29-31-32-33-34-35-36-38-39-42-45-48-51-54-57-60-66(69)72-63-64(62-71-65(68)59-56-53-50-47-44-41-24-21-18-15-12-9-6-3)73-67(70)61-58-55-52-49-46-43-40-37-30-28-26-23-20-17-14-11-8-5-2/h21,24,28,30,64H,4-20,22-23,25-27,29,31-63H2,1-3H3/b24-21-,30-28-. The molecule has 0 rings (SSSR count). The Morgan fingerprint density at radius 1 is 0.260 bits per heavy atom. The van der Waals surface area contributed by atoms with Crippen molar-refractivity contribution in [1.82, 2.24) is 0 Å². The molecule has 73 heavy (non-hydrogen) atoms. The zero-order valence-corrected chi connectivity index (χ0v) is 49.4. The second-order valence-electron chi connectivity index (χ2n) is 22.4. The van der Waals surface area contributed by atoms with Gasteiger partial charge in [0, 0.05) is 19.3 Å². The molecule has 0 aliphatic rings. The highest BCUT2D eigenvalue weighted by atomic mass is 16.6. The van der Waals surface area contributed by atoms with Gasteiger partial charge in [-0.2, -0.15) is 0 Å². The molecule has 0 amide bonds. The molecule has 0 aromatic rings. The van der Waals surface area contributed by atoms with Crippen molar-refractivity contribution in [2.24, 2.45) is 0 Å². The summed E-state index contributed by atoms with van der Waals surface area (Å²) >= 11 is 0. The van der Waals surface area contributed by atoms with Crippen molar-refractivity contribution in [2.75, 3.05) is 13.2 Å². The summed E-state index contributed by atoms with van der Waals surface area (Å²) in [5.74, 6) is -0.858. The van der Waals surface area contributed by atoms with Gasteiger partial charge in [0.15, 0.2) is 6.10 Å². The maximum Gasteiger partial charge on any atom is 0.306 e. The van der Waals surface area contributed by atoms with E-state index in [4.69, 9.17) is 14.2 Å². The maximum atomic E-state index is 12.9. The first kappa shape index (κ1) is 70.9. The van der Waals surface area contributed by atoms with Crippen LogP contribution >= 0.6 is 0 Å². The van der Waals surface area contributed by atoms with Crippen molar-refractivity contribution < 1.29 is 28.6 Å². The molecule has 0 aromatic carbocycles. The van der Waals surface area contributed by atoms with Gasteiger partial charge in [0.05, 0.1) is 0 Å². The van der Waals surface area contributed by atoms with Crippen LogP contribution in [0.15, 0.2) is 24.3 Å². The van der Waals surface area contributed by atoms with Gasteiger partial charge in [-0.05, 0) is 70.6 Å². The van der Waals surface area contributed by atoms with Crippen LogP contribution in [0.2, 0.25) is 0 Å². The lowest BCUT2D eigenvalue weighted by molar-refractivity contribution is -0.167. The van der Waals surface area contributed by atoms with Crippen LogP contribution in [-0.4, -0.2) is 37.2 Å². The number of rotatable bonds is 61. The summed E-state index contributed by atoms with van der Waals surface area (Å²) in [6.07, 6.45) is 74.8. The second kappa shape index (κ2) is 62.4. The maximum absolute atomic E-state index is 12.9. The van der Waals surface area contributed by atoms with E-state index in [9.17, 15) is 14.4 Å². The van der Waals surface area contributed by atoms with E-state index in [1.165, 1.54) is 263 Å². The molecular formula is C67H126O6. The third kappa shape index (κ3) is 60.6. The number of allylic oxidation sites excluding steroid dienone is 4. The first-order valence-corrected chi connectivity index (χ1v) is 32.8. The molecule has 0 aliphatic carbocycles. The minimum Gasteiger partial charge on any atom is -0.462 e. The molecule has 6 heteroatoms. The summed E-state index contributed by atoms with van der Waals surface area (Å²) in [6, 6.07) is 0. The van der Waals surface area contributed by atoms with Crippen molar-refractivity contribution in [3.8, 4) is 0 Å². The highest BCUT2D eigenvalue weighted by molar-refractivity contribution is 5.71. The lowest BCUT2D eigenvalue weighted by atomic mass is 10.0. The topological polar surface area (TPSA) is 78.9 Å². The van der Waals surface area contributed by atoms with Crippen molar-refractivity contribution in [3.05, 3.63) is 24.3 Å². The monoisotopic (exact) mass is 1030 g/mol. The molecule has 0 fully saturated rings. The third-order valence-corrected chi connectivity index (χ3v) is 14.9. The van der Waals surface area contributed by atoms with Crippen LogP contribution in [0.3, 0.4) is 0 Å². The number of unbranched alkanes of at least 4 members (excludes halogenated alkanes) is 46. The summed E-state index contributed by atoms with van der Waals surface area (Å²) < 4.78 is 16.9. The fourth-order valence-electron chi connectivity index (χ4n) is 9.97. The number of carbonyl (C=O) groups excluding carboxylic acids is 3. The lowest BCUT2D eigenvalue weighted by Crippen LogP contribution is -2.30. The van der Waals surface area contributed by atoms with Gasteiger partial charge in [-0.1, -0.05) is 302 Å². The van der Waals surface area contributed by atoms with Crippen LogP contribution in [0.4, 0.5) is 0 Å². The Hall–Kier alpha value is -2.11. The Labute approximate surface area is 455 Å². The van der Waals surface area contributed by atoms with E-state index in [1.807, 2.05) is 0 Å². The Kier molecular flexibility index (Phi) is 60.6. The molecule has 0 saturated heterocycles. The van der Waals surface area contributed by atoms with E-state index in [2.05, 4.69) is 45.1 Å². The van der Waals surface area contributed by atoms with Crippen LogP contribution in [0.5, 0.6) is 0 Å². The van der Waals surface area contributed by atoms with Crippen LogP contribution < -0.4 is 0 Å². The molecular weight excluding hydrogens is 901 g/mol. The van der Waals surface area contributed by atoms with Crippen molar-refractivity contribution in [3.63, 3.8) is 0 Å². The molecule has 0 saturated carbocycles. The highest BCUT2D eigenvalue weighted by Gasteiger charge is 2.19. The smallest absolute Gasteiger partial charge is 0.306 e. The predicted molar refractivity (Wildman–Crippen MR) is 316 cm³/mol. The molecule has 0 radical (unpaired) electrons. The van der Waals surface area contributed by atoms with E-state index >= 15 is 0 Å².